The Kier molecular flexibility index (Phi) is 4.31. The normalized spacial score (nSPS) is 14.1. The van der Waals surface area contributed by atoms with Gasteiger partial charge in [0.25, 0.3) is 0 Å². The number of rotatable bonds is 6. The molecule has 4 nitrogen and oxygen atoms in total. The average molecular weight is 222 g/mol. The van der Waals surface area contributed by atoms with E-state index < -0.39 is 11.4 Å². The summed E-state index contributed by atoms with van der Waals surface area (Å²) in [5, 5.41) is 3.03. The molecule has 16 heavy (non-hydrogen) atoms. The van der Waals surface area contributed by atoms with Crippen LogP contribution in [0.15, 0.2) is 30.3 Å². The Morgan fingerprint density at radius 3 is 2.56 bits per heavy atom. The maximum Gasteiger partial charge on any atom is 0.240 e. The molecule has 0 aromatic heterocycles. The van der Waals surface area contributed by atoms with Crippen LogP contribution >= 0.6 is 0 Å². The van der Waals surface area contributed by atoms with Crippen LogP contribution in [0.1, 0.15) is 13.8 Å². The van der Waals surface area contributed by atoms with Crippen molar-refractivity contribution in [3.05, 3.63) is 30.3 Å². The molecular formula is C12H18N2O2. The average Bonchev–Trinajstić information content (AvgIpc) is 2.28. The Bertz CT molecular complexity index is 340. The molecule has 0 aliphatic rings. The first-order chi connectivity index (χ1) is 7.58. The Hall–Kier alpha value is -1.55. The summed E-state index contributed by atoms with van der Waals surface area (Å²) in [6.45, 7) is 4.54. The lowest BCUT2D eigenvalue weighted by Crippen LogP contribution is -2.57. The Labute approximate surface area is 95.8 Å². The molecule has 0 bridgehead atoms. The van der Waals surface area contributed by atoms with Crippen LogP contribution in [-0.2, 0) is 4.79 Å². The number of hydrogen-bond donors (Lipinski definition) is 2. The fourth-order valence-electron chi connectivity index (χ4n) is 1.34. The molecule has 1 amide bonds. The number of hydrogen-bond acceptors (Lipinski definition) is 3. The fraction of sp³-hybridized carbons (Fsp3) is 0.417. The summed E-state index contributed by atoms with van der Waals surface area (Å²) in [7, 11) is 0. The van der Waals surface area contributed by atoms with Gasteiger partial charge in [-0.05, 0) is 25.6 Å². The van der Waals surface area contributed by atoms with E-state index in [0.29, 0.717) is 6.54 Å². The number of para-hydroxylation sites is 1. The van der Waals surface area contributed by atoms with E-state index in [1.807, 2.05) is 37.3 Å². The molecule has 0 radical (unpaired) electrons. The smallest absolute Gasteiger partial charge is 0.240 e. The third kappa shape index (κ3) is 3.24. The van der Waals surface area contributed by atoms with Crippen molar-refractivity contribution in [2.24, 2.45) is 5.73 Å². The van der Waals surface area contributed by atoms with Gasteiger partial charge in [-0.15, -0.1) is 0 Å². The molecule has 0 saturated carbocycles. The number of nitrogens with one attached hydrogen (secondary N) is 1. The van der Waals surface area contributed by atoms with Crippen LogP contribution in [0, 0.1) is 0 Å². The predicted molar refractivity (Wildman–Crippen MR) is 63.2 cm³/mol. The van der Waals surface area contributed by atoms with Gasteiger partial charge in [0.05, 0.1) is 0 Å². The van der Waals surface area contributed by atoms with Crippen LogP contribution < -0.4 is 15.8 Å². The van der Waals surface area contributed by atoms with E-state index in [1.165, 1.54) is 0 Å². The topological polar surface area (TPSA) is 64.3 Å². The SMILES string of the molecule is CCNC(C)(COc1ccccc1)C(N)=O. The molecule has 0 aliphatic carbocycles. The largest absolute Gasteiger partial charge is 0.491 e. The van der Waals surface area contributed by atoms with Gasteiger partial charge in [-0.25, -0.2) is 0 Å². The third-order valence-corrected chi connectivity index (χ3v) is 2.38. The molecule has 0 spiro atoms. The minimum Gasteiger partial charge on any atom is -0.491 e. The zero-order valence-electron chi connectivity index (χ0n) is 9.69. The number of amides is 1. The standard InChI is InChI=1S/C12H18N2O2/c1-3-14-12(2,11(13)15)9-16-10-7-5-4-6-8-10/h4-8,14H,3,9H2,1-2H3,(H2,13,15). The zero-order valence-corrected chi connectivity index (χ0v) is 9.69. The highest BCUT2D eigenvalue weighted by Gasteiger charge is 2.30. The molecule has 1 aromatic carbocycles. The van der Waals surface area contributed by atoms with E-state index in [0.717, 1.165) is 5.75 Å². The molecule has 0 aliphatic heterocycles. The Morgan fingerprint density at radius 2 is 2.06 bits per heavy atom. The number of nitrogens with two attached hydrogens (primary N) is 1. The third-order valence-electron chi connectivity index (χ3n) is 2.38. The van der Waals surface area contributed by atoms with Crippen LogP contribution in [-0.4, -0.2) is 24.6 Å². The Morgan fingerprint density at radius 1 is 1.44 bits per heavy atom. The summed E-state index contributed by atoms with van der Waals surface area (Å²) < 4.78 is 5.52. The number of benzene rings is 1. The zero-order chi connectivity index (χ0) is 12.0. The Balaban J connectivity index is 2.60. The second-order valence-corrected chi connectivity index (χ2v) is 3.83. The summed E-state index contributed by atoms with van der Waals surface area (Å²) in [6, 6.07) is 9.35. The number of carbonyl (C=O) groups excluding carboxylic acids is 1. The van der Waals surface area contributed by atoms with Gasteiger partial charge < -0.3 is 15.8 Å². The molecule has 3 N–H and O–H groups in total. The number of ether oxygens (including phenoxy) is 1. The van der Waals surface area contributed by atoms with E-state index in [-0.39, 0.29) is 6.61 Å². The van der Waals surface area contributed by atoms with Gasteiger partial charge in [-0.2, -0.15) is 0 Å². The van der Waals surface area contributed by atoms with Crippen molar-refractivity contribution >= 4 is 5.91 Å². The van der Waals surface area contributed by atoms with Crippen molar-refractivity contribution in [2.45, 2.75) is 19.4 Å². The lowest BCUT2D eigenvalue weighted by Gasteiger charge is -2.26. The van der Waals surface area contributed by atoms with E-state index in [4.69, 9.17) is 10.5 Å². The van der Waals surface area contributed by atoms with Crippen molar-refractivity contribution in [1.29, 1.82) is 0 Å². The van der Waals surface area contributed by atoms with Crippen LogP contribution in [0.4, 0.5) is 0 Å². The van der Waals surface area contributed by atoms with Gasteiger partial charge in [-0.1, -0.05) is 25.1 Å². The van der Waals surface area contributed by atoms with E-state index in [9.17, 15) is 4.79 Å². The van der Waals surface area contributed by atoms with Gasteiger partial charge in [0.1, 0.15) is 17.9 Å². The van der Waals surface area contributed by atoms with Gasteiger partial charge in [-0.3, -0.25) is 4.79 Å². The number of primary amides is 1. The van der Waals surface area contributed by atoms with Crippen LogP contribution in [0.3, 0.4) is 0 Å². The molecule has 1 unspecified atom stereocenters. The molecule has 1 rings (SSSR count). The quantitative estimate of drug-likeness (QED) is 0.752. The molecule has 88 valence electrons. The summed E-state index contributed by atoms with van der Waals surface area (Å²) in [4.78, 5) is 11.3. The molecule has 0 fully saturated rings. The molecular weight excluding hydrogens is 204 g/mol. The van der Waals surface area contributed by atoms with Crippen molar-refractivity contribution in [3.8, 4) is 5.75 Å². The monoisotopic (exact) mass is 222 g/mol. The highest BCUT2D eigenvalue weighted by atomic mass is 16.5. The van der Waals surface area contributed by atoms with Crippen molar-refractivity contribution < 1.29 is 9.53 Å². The van der Waals surface area contributed by atoms with Crippen molar-refractivity contribution in [2.75, 3.05) is 13.2 Å². The predicted octanol–water partition coefficient (Wildman–Crippen LogP) is 0.919. The fourth-order valence-corrected chi connectivity index (χ4v) is 1.34. The summed E-state index contributed by atoms with van der Waals surface area (Å²) >= 11 is 0. The highest BCUT2D eigenvalue weighted by molar-refractivity contribution is 5.84. The van der Waals surface area contributed by atoms with Crippen molar-refractivity contribution in [1.82, 2.24) is 5.32 Å². The number of likely N-dealkylation sites (N-methyl/N-ethyl adjacent to an activating group) is 1. The first-order valence-electron chi connectivity index (χ1n) is 5.31. The lowest BCUT2D eigenvalue weighted by molar-refractivity contribution is -0.124. The van der Waals surface area contributed by atoms with Gasteiger partial charge in [0.2, 0.25) is 5.91 Å². The summed E-state index contributed by atoms with van der Waals surface area (Å²) in [5.41, 5.74) is 4.51. The summed E-state index contributed by atoms with van der Waals surface area (Å²) in [6.07, 6.45) is 0. The van der Waals surface area contributed by atoms with Crippen LogP contribution in [0.5, 0.6) is 5.75 Å². The highest BCUT2D eigenvalue weighted by Crippen LogP contribution is 2.11. The second kappa shape index (κ2) is 5.51. The van der Waals surface area contributed by atoms with E-state index in [1.54, 1.807) is 6.92 Å². The van der Waals surface area contributed by atoms with Gasteiger partial charge >= 0.3 is 0 Å². The first-order valence-corrected chi connectivity index (χ1v) is 5.31. The minimum absolute atomic E-state index is 0.222. The molecule has 4 heteroatoms. The lowest BCUT2D eigenvalue weighted by atomic mass is 10.0. The molecule has 0 saturated heterocycles. The van der Waals surface area contributed by atoms with Crippen LogP contribution in [0.25, 0.3) is 0 Å². The minimum atomic E-state index is -0.829. The summed E-state index contributed by atoms with van der Waals surface area (Å²) in [5.74, 6) is 0.318. The molecule has 0 heterocycles. The van der Waals surface area contributed by atoms with E-state index >= 15 is 0 Å². The van der Waals surface area contributed by atoms with E-state index in [2.05, 4.69) is 5.32 Å². The maximum absolute atomic E-state index is 11.3. The molecule has 1 aromatic rings. The number of carbonyl (C=O) groups is 1. The van der Waals surface area contributed by atoms with Crippen molar-refractivity contribution in [3.63, 3.8) is 0 Å². The van der Waals surface area contributed by atoms with Gasteiger partial charge in [0, 0.05) is 0 Å². The second-order valence-electron chi connectivity index (χ2n) is 3.83. The first kappa shape index (κ1) is 12.5. The van der Waals surface area contributed by atoms with Crippen LogP contribution in [0.2, 0.25) is 0 Å². The maximum atomic E-state index is 11.3. The van der Waals surface area contributed by atoms with Gasteiger partial charge in [0.15, 0.2) is 0 Å². The molecule has 1 atom stereocenters.